The minimum atomic E-state index is -3.50. The molecule has 0 spiro atoms. The predicted octanol–water partition coefficient (Wildman–Crippen LogP) is 0.837. The molecule has 0 aliphatic carbocycles. The van der Waals surface area contributed by atoms with E-state index < -0.39 is 10.0 Å². The van der Waals surface area contributed by atoms with Crippen LogP contribution in [0.5, 0.6) is 5.88 Å². The van der Waals surface area contributed by atoms with Crippen LogP contribution >= 0.6 is 0 Å². The second-order valence-electron chi connectivity index (χ2n) is 4.83. The average molecular weight is 307 g/mol. The van der Waals surface area contributed by atoms with Gasteiger partial charge in [-0.2, -0.15) is 4.31 Å². The van der Waals surface area contributed by atoms with E-state index in [0.29, 0.717) is 47.7 Å². The van der Waals surface area contributed by atoms with Gasteiger partial charge in [-0.05, 0) is 18.2 Å². The molecule has 0 radical (unpaired) electrons. The summed E-state index contributed by atoms with van der Waals surface area (Å²) in [4.78, 5) is 4.43. The third kappa shape index (κ3) is 2.48. The number of ether oxygens (including phenoxy) is 1. The van der Waals surface area contributed by atoms with Crippen LogP contribution in [0, 0.1) is 0 Å². The van der Waals surface area contributed by atoms with Crippen LogP contribution in [0.1, 0.15) is 0 Å². The first-order chi connectivity index (χ1) is 10.1. The van der Waals surface area contributed by atoms with Crippen molar-refractivity contribution < 1.29 is 13.2 Å². The van der Waals surface area contributed by atoms with Gasteiger partial charge in [-0.15, -0.1) is 0 Å². The van der Waals surface area contributed by atoms with Crippen LogP contribution in [0.4, 0.5) is 0 Å². The lowest BCUT2D eigenvalue weighted by Gasteiger charge is -2.27. The zero-order chi connectivity index (χ0) is 14.9. The van der Waals surface area contributed by atoms with Crippen molar-refractivity contribution in [2.45, 2.75) is 4.90 Å². The Morgan fingerprint density at radius 3 is 2.67 bits per heavy atom. The lowest BCUT2D eigenvalue weighted by molar-refractivity contribution is 0.360. The van der Waals surface area contributed by atoms with E-state index in [4.69, 9.17) is 4.74 Å². The third-order valence-electron chi connectivity index (χ3n) is 3.62. The molecule has 3 rings (SSSR count). The molecule has 2 heterocycles. The highest BCUT2D eigenvalue weighted by Gasteiger charge is 2.27. The minimum absolute atomic E-state index is 0.308. The predicted molar refractivity (Wildman–Crippen MR) is 79.9 cm³/mol. The molecule has 6 nitrogen and oxygen atoms in total. The molecular formula is C14H17N3O3S. The van der Waals surface area contributed by atoms with Gasteiger partial charge in [0.1, 0.15) is 0 Å². The summed E-state index contributed by atoms with van der Waals surface area (Å²) in [6, 6.07) is 6.89. The molecule has 1 aliphatic heterocycles. The van der Waals surface area contributed by atoms with Crippen LogP contribution in [0.25, 0.3) is 10.8 Å². The molecule has 1 aliphatic rings. The Labute approximate surface area is 123 Å². The van der Waals surface area contributed by atoms with Gasteiger partial charge >= 0.3 is 0 Å². The molecule has 1 saturated heterocycles. The number of aromatic nitrogens is 1. The van der Waals surface area contributed by atoms with Crippen molar-refractivity contribution in [1.29, 1.82) is 0 Å². The number of fused-ring (bicyclic) bond motifs is 1. The van der Waals surface area contributed by atoms with Crippen molar-refractivity contribution in [3.8, 4) is 5.88 Å². The summed E-state index contributed by atoms with van der Waals surface area (Å²) in [6.07, 6.45) is 1.57. The number of benzene rings is 1. The van der Waals surface area contributed by atoms with E-state index in [2.05, 4.69) is 10.3 Å². The van der Waals surface area contributed by atoms with Crippen molar-refractivity contribution in [1.82, 2.24) is 14.6 Å². The molecule has 2 aromatic rings. The Morgan fingerprint density at radius 1 is 1.19 bits per heavy atom. The number of hydrogen-bond acceptors (Lipinski definition) is 5. The normalized spacial score (nSPS) is 17.0. The summed E-state index contributed by atoms with van der Waals surface area (Å²) in [6.45, 7) is 2.33. The first kappa shape index (κ1) is 14.2. The third-order valence-corrected chi connectivity index (χ3v) is 5.57. The maximum Gasteiger partial charge on any atom is 0.243 e. The van der Waals surface area contributed by atoms with Crippen molar-refractivity contribution in [3.05, 3.63) is 30.5 Å². The Hall–Kier alpha value is -1.70. The first-order valence-electron chi connectivity index (χ1n) is 6.77. The Morgan fingerprint density at radius 2 is 1.95 bits per heavy atom. The number of methoxy groups -OCH3 is 1. The molecule has 0 unspecified atom stereocenters. The number of sulfonamides is 1. The molecule has 0 saturated carbocycles. The standard InChI is InChI=1S/C14H17N3O3S/c1-20-14-12-3-2-4-13(11(12)5-6-16-14)21(18,19)17-9-7-15-8-10-17/h2-6,15H,7-10H2,1H3. The molecule has 1 aromatic carbocycles. The summed E-state index contributed by atoms with van der Waals surface area (Å²) >= 11 is 0. The zero-order valence-corrected chi connectivity index (χ0v) is 12.6. The SMILES string of the molecule is COc1nccc2c(S(=O)(=O)N3CCNCC3)cccc12. The number of pyridine rings is 1. The van der Waals surface area contributed by atoms with Crippen molar-refractivity contribution in [2.75, 3.05) is 33.3 Å². The van der Waals surface area contributed by atoms with Gasteiger partial charge in [-0.3, -0.25) is 0 Å². The maximum atomic E-state index is 12.8. The fourth-order valence-electron chi connectivity index (χ4n) is 2.56. The summed E-state index contributed by atoms with van der Waals surface area (Å²) < 4.78 is 32.4. The van der Waals surface area contributed by atoms with Gasteiger partial charge in [-0.25, -0.2) is 13.4 Å². The Bertz CT molecular complexity index is 755. The van der Waals surface area contributed by atoms with E-state index in [1.165, 1.54) is 11.4 Å². The Kier molecular flexibility index (Phi) is 3.79. The van der Waals surface area contributed by atoms with Crippen molar-refractivity contribution >= 4 is 20.8 Å². The van der Waals surface area contributed by atoms with E-state index >= 15 is 0 Å². The smallest absolute Gasteiger partial charge is 0.243 e. The van der Waals surface area contributed by atoms with Gasteiger partial charge in [0.25, 0.3) is 0 Å². The van der Waals surface area contributed by atoms with Gasteiger partial charge in [0.15, 0.2) is 0 Å². The molecule has 1 N–H and O–H groups in total. The quantitative estimate of drug-likeness (QED) is 0.910. The van der Waals surface area contributed by atoms with E-state index in [9.17, 15) is 8.42 Å². The highest BCUT2D eigenvalue weighted by atomic mass is 32.2. The highest BCUT2D eigenvalue weighted by Crippen LogP contribution is 2.30. The molecule has 1 fully saturated rings. The lowest BCUT2D eigenvalue weighted by atomic mass is 10.2. The molecule has 21 heavy (non-hydrogen) atoms. The van der Waals surface area contributed by atoms with Crippen LogP contribution in [0.15, 0.2) is 35.4 Å². The van der Waals surface area contributed by atoms with Gasteiger partial charge in [-0.1, -0.05) is 6.07 Å². The fraction of sp³-hybridized carbons (Fsp3) is 0.357. The number of hydrogen-bond donors (Lipinski definition) is 1. The summed E-state index contributed by atoms with van der Waals surface area (Å²) in [5.41, 5.74) is 0. The minimum Gasteiger partial charge on any atom is -0.481 e. The summed E-state index contributed by atoms with van der Waals surface area (Å²) in [5.74, 6) is 0.435. The van der Waals surface area contributed by atoms with E-state index in [0.717, 1.165) is 0 Å². The molecule has 0 amide bonds. The monoisotopic (exact) mass is 307 g/mol. The van der Waals surface area contributed by atoms with Crippen LogP contribution in [0.3, 0.4) is 0 Å². The number of nitrogens with zero attached hydrogens (tertiary/aromatic N) is 2. The Balaban J connectivity index is 2.16. The van der Waals surface area contributed by atoms with Crippen molar-refractivity contribution in [2.24, 2.45) is 0 Å². The molecular weight excluding hydrogens is 290 g/mol. The first-order valence-corrected chi connectivity index (χ1v) is 8.21. The zero-order valence-electron chi connectivity index (χ0n) is 11.7. The van der Waals surface area contributed by atoms with Gasteiger partial charge < -0.3 is 10.1 Å². The van der Waals surface area contributed by atoms with Crippen molar-refractivity contribution in [3.63, 3.8) is 0 Å². The van der Waals surface area contributed by atoms with Crippen LogP contribution in [-0.4, -0.2) is 51.0 Å². The van der Waals surface area contributed by atoms with E-state index in [-0.39, 0.29) is 0 Å². The highest BCUT2D eigenvalue weighted by molar-refractivity contribution is 7.89. The topological polar surface area (TPSA) is 71.5 Å². The van der Waals surface area contributed by atoms with Crippen LogP contribution in [0.2, 0.25) is 0 Å². The summed E-state index contributed by atoms with van der Waals surface area (Å²) in [5, 5.41) is 4.50. The number of piperazine rings is 1. The number of rotatable bonds is 3. The number of nitrogens with one attached hydrogen (secondary N) is 1. The molecule has 0 atom stereocenters. The maximum absolute atomic E-state index is 12.8. The van der Waals surface area contributed by atoms with E-state index in [1.807, 2.05) is 6.07 Å². The molecule has 0 bridgehead atoms. The molecule has 1 aromatic heterocycles. The second-order valence-corrected chi connectivity index (χ2v) is 6.73. The summed E-state index contributed by atoms with van der Waals surface area (Å²) in [7, 11) is -1.98. The average Bonchev–Trinajstić information content (AvgIpc) is 2.54. The van der Waals surface area contributed by atoms with Gasteiger partial charge in [0, 0.05) is 43.1 Å². The lowest BCUT2D eigenvalue weighted by Crippen LogP contribution is -2.46. The van der Waals surface area contributed by atoms with Crippen LogP contribution < -0.4 is 10.1 Å². The van der Waals surface area contributed by atoms with Gasteiger partial charge in [0.2, 0.25) is 15.9 Å². The molecule has 112 valence electrons. The van der Waals surface area contributed by atoms with E-state index in [1.54, 1.807) is 24.4 Å². The molecule has 7 heteroatoms. The van der Waals surface area contributed by atoms with Crippen LogP contribution in [-0.2, 0) is 10.0 Å². The fourth-order valence-corrected chi connectivity index (χ4v) is 4.21. The largest absolute Gasteiger partial charge is 0.481 e. The van der Waals surface area contributed by atoms with Gasteiger partial charge in [0.05, 0.1) is 12.0 Å². The second kappa shape index (κ2) is 5.59.